The largest absolute Gasteiger partial charge is 0.506 e. The van der Waals surface area contributed by atoms with Gasteiger partial charge in [0.15, 0.2) is 0 Å². The first-order valence-electron chi connectivity index (χ1n) is 3.61. The molecule has 1 aliphatic heterocycles. The molecule has 1 aromatic carbocycles. The Labute approximate surface area is 75.6 Å². The second-order valence-corrected chi connectivity index (χ2v) is 4.23. The van der Waals surface area contributed by atoms with Gasteiger partial charge in [-0.1, -0.05) is 12.1 Å². The molecule has 0 aromatic heterocycles. The summed E-state index contributed by atoms with van der Waals surface area (Å²) in [5.74, 6) is -0.227. The maximum atomic E-state index is 11.1. The molecule has 0 atom stereocenters. The summed E-state index contributed by atoms with van der Waals surface area (Å²) in [5, 5.41) is 10.1. The number of anilines is 1. The highest BCUT2D eigenvalue weighted by molar-refractivity contribution is 7.95. The first-order valence-corrected chi connectivity index (χ1v) is 5.16. The topological polar surface area (TPSA) is 66.4 Å². The van der Waals surface area contributed by atoms with Crippen LogP contribution in [0.2, 0.25) is 0 Å². The van der Waals surface area contributed by atoms with Crippen LogP contribution in [0.25, 0.3) is 5.76 Å². The Morgan fingerprint density at radius 3 is 2.69 bits per heavy atom. The van der Waals surface area contributed by atoms with Crippen molar-refractivity contribution in [2.45, 2.75) is 0 Å². The van der Waals surface area contributed by atoms with Gasteiger partial charge in [-0.25, -0.2) is 8.42 Å². The minimum atomic E-state index is -3.51. The van der Waals surface area contributed by atoms with E-state index in [1.165, 1.54) is 0 Å². The minimum Gasteiger partial charge on any atom is -0.506 e. The van der Waals surface area contributed by atoms with Gasteiger partial charge in [0, 0.05) is 5.56 Å². The molecule has 0 aliphatic carbocycles. The van der Waals surface area contributed by atoms with E-state index >= 15 is 0 Å². The second kappa shape index (κ2) is 2.50. The Hall–Kier alpha value is -1.49. The summed E-state index contributed by atoms with van der Waals surface area (Å²) in [4.78, 5) is 0. The number of fused-ring (bicyclic) bond motifs is 1. The average Bonchev–Trinajstić information content (AvgIpc) is 2.02. The van der Waals surface area contributed by atoms with Gasteiger partial charge in [-0.2, -0.15) is 0 Å². The maximum absolute atomic E-state index is 11.1. The summed E-state index contributed by atoms with van der Waals surface area (Å²) in [6.45, 7) is 0. The van der Waals surface area contributed by atoms with E-state index in [9.17, 15) is 13.5 Å². The van der Waals surface area contributed by atoms with Crippen molar-refractivity contribution in [1.29, 1.82) is 0 Å². The van der Waals surface area contributed by atoms with Gasteiger partial charge in [0.05, 0.1) is 11.1 Å². The maximum Gasteiger partial charge on any atom is 0.258 e. The third-order valence-corrected chi connectivity index (χ3v) is 2.76. The van der Waals surface area contributed by atoms with E-state index in [1.807, 2.05) is 0 Å². The molecule has 0 radical (unpaired) electrons. The van der Waals surface area contributed by atoms with Crippen LogP contribution in [0, 0.1) is 0 Å². The quantitative estimate of drug-likeness (QED) is 0.658. The predicted octanol–water partition coefficient (Wildman–Crippen LogP) is 1.30. The van der Waals surface area contributed by atoms with E-state index in [2.05, 4.69) is 4.72 Å². The molecule has 1 aromatic rings. The summed E-state index contributed by atoms with van der Waals surface area (Å²) in [6.07, 6.45) is 0. The van der Waals surface area contributed by atoms with Crippen LogP contribution in [0.5, 0.6) is 0 Å². The van der Waals surface area contributed by atoms with Gasteiger partial charge in [0.1, 0.15) is 5.76 Å². The molecule has 0 saturated carbocycles. The fraction of sp³-hybridized carbons (Fsp3) is 0. The first kappa shape index (κ1) is 8.12. The second-order valence-electron chi connectivity index (χ2n) is 2.70. The number of sulfonamides is 1. The number of rotatable bonds is 0. The number of hydrogen-bond acceptors (Lipinski definition) is 3. The molecule has 0 saturated heterocycles. The van der Waals surface area contributed by atoms with Crippen molar-refractivity contribution < 1.29 is 13.5 Å². The summed E-state index contributed by atoms with van der Waals surface area (Å²) >= 11 is 0. The number of benzene rings is 1. The van der Waals surface area contributed by atoms with Crippen LogP contribution in [0.4, 0.5) is 5.69 Å². The first-order chi connectivity index (χ1) is 6.08. The summed E-state index contributed by atoms with van der Waals surface area (Å²) in [5.41, 5.74) is 0.903. The molecular weight excluding hydrogens is 190 g/mol. The molecule has 0 spiro atoms. The van der Waals surface area contributed by atoms with Gasteiger partial charge in [-0.3, -0.25) is 4.72 Å². The summed E-state index contributed by atoms with van der Waals surface area (Å²) in [6, 6.07) is 6.65. The van der Waals surface area contributed by atoms with Crippen molar-refractivity contribution in [2.75, 3.05) is 4.72 Å². The lowest BCUT2D eigenvalue weighted by atomic mass is 10.1. The molecular formula is C8H7NO3S. The minimum absolute atomic E-state index is 0.227. The Kier molecular flexibility index (Phi) is 1.56. The molecule has 0 fully saturated rings. The number of nitrogens with one attached hydrogen (secondary N) is 1. The van der Waals surface area contributed by atoms with Gasteiger partial charge < -0.3 is 5.11 Å². The highest BCUT2D eigenvalue weighted by Crippen LogP contribution is 2.27. The van der Waals surface area contributed by atoms with Crippen LogP contribution >= 0.6 is 0 Å². The van der Waals surface area contributed by atoms with Crippen molar-refractivity contribution in [3.63, 3.8) is 0 Å². The van der Waals surface area contributed by atoms with E-state index in [0.717, 1.165) is 5.41 Å². The zero-order valence-electron chi connectivity index (χ0n) is 6.56. The fourth-order valence-corrected chi connectivity index (χ4v) is 2.15. The Morgan fingerprint density at radius 1 is 1.23 bits per heavy atom. The van der Waals surface area contributed by atoms with E-state index < -0.39 is 10.0 Å². The standard InChI is InChI=1S/C8H7NO3S/c10-8-5-13(11,12)9-7-4-2-1-3-6(7)8/h1-5,9-10H. The molecule has 4 nitrogen and oxygen atoms in total. The van der Waals surface area contributed by atoms with Crippen LogP contribution in [0.3, 0.4) is 0 Å². The molecule has 1 aliphatic rings. The third-order valence-electron chi connectivity index (χ3n) is 1.72. The van der Waals surface area contributed by atoms with Crippen molar-refractivity contribution >= 4 is 21.5 Å². The molecule has 13 heavy (non-hydrogen) atoms. The Balaban J connectivity index is 2.68. The van der Waals surface area contributed by atoms with Crippen molar-refractivity contribution in [3.05, 3.63) is 35.2 Å². The zero-order valence-corrected chi connectivity index (χ0v) is 7.38. The van der Waals surface area contributed by atoms with Crippen LogP contribution in [-0.4, -0.2) is 13.5 Å². The molecule has 2 N–H and O–H groups in total. The van der Waals surface area contributed by atoms with Gasteiger partial charge in [-0.05, 0) is 12.1 Å². The Morgan fingerprint density at radius 2 is 1.92 bits per heavy atom. The van der Waals surface area contributed by atoms with Crippen LogP contribution < -0.4 is 4.72 Å². The average molecular weight is 197 g/mol. The van der Waals surface area contributed by atoms with Crippen LogP contribution in [0.15, 0.2) is 29.7 Å². The number of para-hydroxylation sites is 1. The van der Waals surface area contributed by atoms with Gasteiger partial charge in [0.25, 0.3) is 10.0 Å². The van der Waals surface area contributed by atoms with Crippen molar-refractivity contribution in [2.24, 2.45) is 0 Å². The molecule has 0 unspecified atom stereocenters. The van der Waals surface area contributed by atoms with E-state index in [4.69, 9.17) is 0 Å². The van der Waals surface area contributed by atoms with E-state index in [0.29, 0.717) is 11.3 Å². The summed E-state index contributed by atoms with van der Waals surface area (Å²) < 4.78 is 24.5. The highest BCUT2D eigenvalue weighted by atomic mass is 32.2. The molecule has 0 amide bonds. The molecule has 5 heteroatoms. The Bertz CT molecular complexity index is 476. The van der Waals surface area contributed by atoms with Crippen molar-refractivity contribution in [3.8, 4) is 0 Å². The van der Waals surface area contributed by atoms with Crippen molar-refractivity contribution in [1.82, 2.24) is 0 Å². The smallest absolute Gasteiger partial charge is 0.258 e. The SMILES string of the molecule is O=S1(=O)C=C(O)c2ccccc2N1. The number of aliphatic hydroxyl groups is 1. The summed E-state index contributed by atoms with van der Waals surface area (Å²) in [7, 11) is -3.51. The van der Waals surface area contributed by atoms with Crippen LogP contribution in [-0.2, 0) is 10.0 Å². The molecule has 68 valence electrons. The lowest BCUT2D eigenvalue weighted by molar-refractivity contribution is 0.511. The van der Waals surface area contributed by atoms with E-state index in [1.54, 1.807) is 24.3 Å². The van der Waals surface area contributed by atoms with E-state index in [-0.39, 0.29) is 5.76 Å². The van der Waals surface area contributed by atoms with Gasteiger partial charge in [-0.15, -0.1) is 0 Å². The van der Waals surface area contributed by atoms with Gasteiger partial charge >= 0.3 is 0 Å². The number of hydrogen-bond donors (Lipinski definition) is 2. The lowest BCUT2D eigenvalue weighted by Crippen LogP contribution is -2.15. The zero-order chi connectivity index (χ0) is 9.47. The van der Waals surface area contributed by atoms with Crippen LogP contribution in [0.1, 0.15) is 5.56 Å². The molecule has 2 rings (SSSR count). The highest BCUT2D eigenvalue weighted by Gasteiger charge is 2.19. The lowest BCUT2D eigenvalue weighted by Gasteiger charge is -2.14. The molecule has 1 heterocycles. The fourth-order valence-electron chi connectivity index (χ4n) is 1.19. The third kappa shape index (κ3) is 1.38. The number of aliphatic hydroxyl groups excluding tert-OH is 1. The predicted molar refractivity (Wildman–Crippen MR) is 49.6 cm³/mol. The molecule has 0 bridgehead atoms. The van der Waals surface area contributed by atoms with Gasteiger partial charge in [0.2, 0.25) is 0 Å². The normalized spacial score (nSPS) is 18.3. The monoisotopic (exact) mass is 197 g/mol.